The number of rotatable bonds is 9. The Bertz CT molecular complexity index is 494. The number of nitrogens with one attached hydrogen (secondary N) is 2. The molecule has 0 spiro atoms. The van der Waals surface area contributed by atoms with Crippen LogP contribution in [0.3, 0.4) is 0 Å². The fourth-order valence-corrected chi connectivity index (χ4v) is 1.66. The van der Waals surface area contributed by atoms with Crippen molar-refractivity contribution in [2.45, 2.75) is 13.0 Å². The maximum Gasteiger partial charge on any atom is 0.338 e. The van der Waals surface area contributed by atoms with Crippen molar-refractivity contribution in [2.24, 2.45) is 0 Å². The molecule has 0 radical (unpaired) electrons. The normalized spacial score (nSPS) is 10.4. The molecule has 0 aromatic heterocycles. The molecule has 1 aromatic carbocycles. The number of carbonyl (C=O) groups excluding carboxylic acids is 1. The summed E-state index contributed by atoms with van der Waals surface area (Å²) in [5, 5.41) is 14.4. The highest BCUT2D eigenvalue weighted by molar-refractivity contribution is 5.87. The van der Waals surface area contributed by atoms with Crippen molar-refractivity contribution in [1.29, 1.82) is 0 Å². The van der Waals surface area contributed by atoms with Gasteiger partial charge in [0.05, 0.1) is 12.2 Å². The second-order valence-corrected chi connectivity index (χ2v) is 4.39. The molecule has 0 atom stereocenters. The third-order valence-electron chi connectivity index (χ3n) is 2.75. The van der Waals surface area contributed by atoms with Gasteiger partial charge in [-0.05, 0) is 17.7 Å². The van der Waals surface area contributed by atoms with Gasteiger partial charge in [0, 0.05) is 33.2 Å². The number of aromatic carboxylic acids is 1. The number of carboxylic acid groups (broad SMARTS) is 1. The Hall–Kier alpha value is -1.99. The number of amides is 1. The van der Waals surface area contributed by atoms with Gasteiger partial charge in [-0.3, -0.25) is 4.79 Å². The fourth-order valence-electron chi connectivity index (χ4n) is 1.66. The average molecular weight is 298 g/mol. The molecule has 0 aliphatic heterocycles. The van der Waals surface area contributed by atoms with Gasteiger partial charge < -0.3 is 20.5 Å². The van der Waals surface area contributed by atoms with Crippen molar-refractivity contribution in [2.75, 3.05) is 26.8 Å². The number of carbonyl (C=O) groups is 2. The lowest BCUT2D eigenvalue weighted by atomic mass is 10.1. The molecule has 0 bridgehead atoms. The minimum atomic E-state index is -1.29. The summed E-state index contributed by atoms with van der Waals surface area (Å²) >= 11 is 0. The van der Waals surface area contributed by atoms with E-state index in [2.05, 4.69) is 10.6 Å². The van der Waals surface area contributed by atoms with E-state index in [1.54, 1.807) is 7.11 Å². The van der Waals surface area contributed by atoms with Crippen LogP contribution in [0.15, 0.2) is 18.2 Å². The molecule has 0 saturated carbocycles. The van der Waals surface area contributed by atoms with Crippen LogP contribution in [-0.2, 0) is 16.1 Å². The van der Waals surface area contributed by atoms with Crippen molar-refractivity contribution < 1.29 is 23.8 Å². The number of halogens is 1. The summed E-state index contributed by atoms with van der Waals surface area (Å²) in [5.74, 6) is -2.15. The monoisotopic (exact) mass is 298 g/mol. The third-order valence-corrected chi connectivity index (χ3v) is 2.75. The summed E-state index contributed by atoms with van der Waals surface area (Å²) in [7, 11) is 1.56. The molecule has 1 amide bonds. The van der Waals surface area contributed by atoms with E-state index in [1.165, 1.54) is 18.2 Å². The van der Waals surface area contributed by atoms with Gasteiger partial charge in [0.2, 0.25) is 5.91 Å². The predicted octanol–water partition coefficient (Wildman–Crippen LogP) is 0.766. The van der Waals surface area contributed by atoms with Crippen LogP contribution >= 0.6 is 0 Å². The highest BCUT2D eigenvalue weighted by Crippen LogP contribution is 2.10. The number of hydrogen-bond acceptors (Lipinski definition) is 4. The first-order chi connectivity index (χ1) is 10.0. The molecule has 6 nitrogen and oxygen atoms in total. The number of hydrogen-bond donors (Lipinski definition) is 3. The van der Waals surface area contributed by atoms with E-state index in [0.717, 1.165) is 0 Å². The van der Waals surface area contributed by atoms with Crippen LogP contribution in [0, 0.1) is 5.82 Å². The molecule has 0 unspecified atom stereocenters. The lowest BCUT2D eigenvalue weighted by Gasteiger charge is -2.07. The Balaban J connectivity index is 2.28. The molecule has 1 rings (SSSR count). The number of benzene rings is 1. The first kappa shape index (κ1) is 17.1. The van der Waals surface area contributed by atoms with E-state index in [-0.39, 0.29) is 11.5 Å². The van der Waals surface area contributed by atoms with Gasteiger partial charge in [-0.25, -0.2) is 9.18 Å². The smallest absolute Gasteiger partial charge is 0.338 e. The maximum atomic E-state index is 13.4. The van der Waals surface area contributed by atoms with Crippen LogP contribution in [0.1, 0.15) is 22.3 Å². The van der Waals surface area contributed by atoms with E-state index in [9.17, 15) is 14.0 Å². The molecule has 0 saturated heterocycles. The van der Waals surface area contributed by atoms with Gasteiger partial charge in [-0.1, -0.05) is 6.07 Å². The largest absolute Gasteiger partial charge is 0.478 e. The van der Waals surface area contributed by atoms with Gasteiger partial charge in [-0.2, -0.15) is 0 Å². The molecule has 7 heteroatoms. The van der Waals surface area contributed by atoms with Gasteiger partial charge in [-0.15, -0.1) is 0 Å². The molecule has 21 heavy (non-hydrogen) atoms. The Labute approximate surface area is 122 Å². The molecule has 0 fully saturated rings. The van der Waals surface area contributed by atoms with E-state index in [0.29, 0.717) is 38.2 Å². The standard InChI is InChI=1S/C14H19FN2O4/c1-21-7-6-17-13(18)4-5-16-9-10-2-3-11(14(19)20)12(15)8-10/h2-3,8,16H,4-7,9H2,1H3,(H,17,18)(H,19,20). The summed E-state index contributed by atoms with van der Waals surface area (Å²) in [5.41, 5.74) is 0.272. The quantitative estimate of drug-likeness (QED) is 0.586. The summed E-state index contributed by atoms with van der Waals surface area (Å²) in [6, 6.07) is 3.94. The van der Waals surface area contributed by atoms with Gasteiger partial charge in [0.25, 0.3) is 0 Å². The number of ether oxygens (including phenoxy) is 1. The maximum absolute atomic E-state index is 13.4. The van der Waals surface area contributed by atoms with Crippen LogP contribution in [0.5, 0.6) is 0 Å². The van der Waals surface area contributed by atoms with Crippen molar-refractivity contribution >= 4 is 11.9 Å². The molecule has 0 heterocycles. The van der Waals surface area contributed by atoms with E-state index in [4.69, 9.17) is 9.84 Å². The molecule has 116 valence electrons. The van der Waals surface area contributed by atoms with Crippen LogP contribution < -0.4 is 10.6 Å². The zero-order valence-electron chi connectivity index (χ0n) is 11.8. The molecular formula is C14H19FN2O4. The first-order valence-corrected chi connectivity index (χ1v) is 6.52. The lowest BCUT2D eigenvalue weighted by Crippen LogP contribution is -2.29. The summed E-state index contributed by atoms with van der Waals surface area (Å²) in [4.78, 5) is 22.0. The Morgan fingerprint density at radius 2 is 2.10 bits per heavy atom. The van der Waals surface area contributed by atoms with Gasteiger partial charge in [0.15, 0.2) is 0 Å². The second kappa shape index (κ2) is 9.04. The highest BCUT2D eigenvalue weighted by Gasteiger charge is 2.10. The molecular weight excluding hydrogens is 279 g/mol. The lowest BCUT2D eigenvalue weighted by molar-refractivity contribution is -0.121. The van der Waals surface area contributed by atoms with E-state index in [1.807, 2.05) is 0 Å². The van der Waals surface area contributed by atoms with Crippen LogP contribution in [0.2, 0.25) is 0 Å². The van der Waals surface area contributed by atoms with Crippen LogP contribution in [0.25, 0.3) is 0 Å². The van der Waals surface area contributed by atoms with E-state index < -0.39 is 11.8 Å². The van der Waals surface area contributed by atoms with Gasteiger partial charge in [0.1, 0.15) is 5.82 Å². The van der Waals surface area contributed by atoms with Crippen LogP contribution in [0.4, 0.5) is 4.39 Å². The van der Waals surface area contributed by atoms with Crippen molar-refractivity contribution in [3.8, 4) is 0 Å². The van der Waals surface area contributed by atoms with Crippen LogP contribution in [-0.4, -0.2) is 43.8 Å². The zero-order valence-corrected chi connectivity index (χ0v) is 11.8. The second-order valence-electron chi connectivity index (χ2n) is 4.39. The third kappa shape index (κ3) is 6.33. The molecule has 3 N–H and O–H groups in total. The zero-order chi connectivity index (χ0) is 15.7. The van der Waals surface area contributed by atoms with Crippen molar-refractivity contribution in [1.82, 2.24) is 10.6 Å². The predicted molar refractivity (Wildman–Crippen MR) is 74.6 cm³/mol. The summed E-state index contributed by atoms with van der Waals surface area (Å²) in [6.07, 6.45) is 0.305. The van der Waals surface area contributed by atoms with Crippen molar-refractivity contribution in [3.63, 3.8) is 0 Å². The molecule has 0 aliphatic rings. The Morgan fingerprint density at radius 1 is 1.33 bits per heavy atom. The average Bonchev–Trinajstić information content (AvgIpc) is 2.43. The molecule has 0 aliphatic carbocycles. The Kier molecular flexibility index (Phi) is 7.34. The topological polar surface area (TPSA) is 87.7 Å². The van der Waals surface area contributed by atoms with E-state index >= 15 is 0 Å². The molecule has 1 aromatic rings. The summed E-state index contributed by atoms with van der Waals surface area (Å²) < 4.78 is 18.2. The van der Waals surface area contributed by atoms with Gasteiger partial charge >= 0.3 is 5.97 Å². The Morgan fingerprint density at radius 3 is 2.71 bits per heavy atom. The number of carboxylic acids is 1. The minimum absolute atomic E-state index is 0.0908. The highest BCUT2D eigenvalue weighted by atomic mass is 19.1. The SMILES string of the molecule is COCCNC(=O)CCNCc1ccc(C(=O)O)c(F)c1. The first-order valence-electron chi connectivity index (χ1n) is 6.52. The minimum Gasteiger partial charge on any atom is -0.478 e. The van der Waals surface area contributed by atoms with Crippen molar-refractivity contribution in [3.05, 3.63) is 35.1 Å². The summed E-state index contributed by atoms with van der Waals surface area (Å²) in [6.45, 7) is 1.74. The fraction of sp³-hybridized carbons (Fsp3) is 0.429. The number of methoxy groups -OCH3 is 1.